The monoisotopic (exact) mass is 347 g/mol. The lowest BCUT2D eigenvalue weighted by Crippen LogP contribution is -2.22. The highest BCUT2D eigenvalue weighted by molar-refractivity contribution is 7.22. The maximum absolute atomic E-state index is 13.4. The van der Waals surface area contributed by atoms with Crippen LogP contribution in [0.3, 0.4) is 0 Å². The molecule has 0 saturated carbocycles. The summed E-state index contributed by atoms with van der Waals surface area (Å²) in [5.41, 5.74) is 2.91. The van der Waals surface area contributed by atoms with Gasteiger partial charge in [-0.2, -0.15) is 0 Å². The predicted octanol–water partition coefficient (Wildman–Crippen LogP) is 3.77. The zero-order valence-corrected chi connectivity index (χ0v) is 14.0. The Hall–Kier alpha value is -1.83. The van der Waals surface area contributed by atoms with Gasteiger partial charge < -0.3 is 10.6 Å². The van der Waals surface area contributed by atoms with Gasteiger partial charge in [0.15, 0.2) is 0 Å². The van der Waals surface area contributed by atoms with Gasteiger partial charge in [-0.1, -0.05) is 0 Å². The zero-order valence-electron chi connectivity index (χ0n) is 12.4. The molecule has 0 saturated heterocycles. The van der Waals surface area contributed by atoms with Crippen molar-refractivity contribution in [3.8, 4) is 10.6 Å². The van der Waals surface area contributed by atoms with Gasteiger partial charge in [0.05, 0.1) is 10.2 Å². The molecule has 0 spiro atoms. The van der Waals surface area contributed by atoms with Crippen molar-refractivity contribution in [2.24, 2.45) is 0 Å². The molecule has 0 bridgehead atoms. The molecule has 4 rings (SSSR count). The minimum Gasteiger partial charge on any atom is -0.317 e. The summed E-state index contributed by atoms with van der Waals surface area (Å²) in [5.74, 6) is -0.377. The molecule has 1 aliphatic rings. The van der Waals surface area contributed by atoms with Gasteiger partial charge in [0, 0.05) is 30.0 Å². The van der Waals surface area contributed by atoms with E-state index in [0.717, 1.165) is 39.8 Å². The average Bonchev–Trinajstić information content (AvgIpc) is 3.05. The lowest BCUT2D eigenvalue weighted by molar-refractivity contribution is -0.114. The largest absolute Gasteiger partial charge is 0.317 e. The number of rotatable bonds is 2. The number of carbonyl (C=O) groups is 1. The second-order valence-corrected chi connectivity index (χ2v) is 7.58. The van der Waals surface area contributed by atoms with Crippen molar-refractivity contribution in [3.05, 3.63) is 34.5 Å². The lowest BCUT2D eigenvalue weighted by atomic mass is 10.0. The predicted molar refractivity (Wildman–Crippen MR) is 92.6 cm³/mol. The van der Waals surface area contributed by atoms with Gasteiger partial charge in [-0.25, -0.2) is 9.37 Å². The van der Waals surface area contributed by atoms with Crippen molar-refractivity contribution < 1.29 is 9.18 Å². The average molecular weight is 347 g/mol. The quantitative estimate of drug-likeness (QED) is 0.742. The molecule has 23 heavy (non-hydrogen) atoms. The Kier molecular flexibility index (Phi) is 3.63. The number of hydrogen-bond donors (Lipinski definition) is 2. The number of carbonyl (C=O) groups excluding carboxylic acids is 1. The van der Waals surface area contributed by atoms with Crippen LogP contribution in [0.25, 0.3) is 20.8 Å². The number of aromatic nitrogens is 1. The first-order chi connectivity index (χ1) is 11.1. The van der Waals surface area contributed by atoms with Gasteiger partial charge in [-0.15, -0.1) is 22.7 Å². The van der Waals surface area contributed by atoms with E-state index >= 15 is 0 Å². The van der Waals surface area contributed by atoms with E-state index in [1.165, 1.54) is 40.8 Å². The van der Waals surface area contributed by atoms with Gasteiger partial charge in [0.1, 0.15) is 15.8 Å². The first-order valence-corrected chi connectivity index (χ1v) is 8.94. The third-order valence-electron chi connectivity index (χ3n) is 3.78. The number of benzene rings is 1. The Morgan fingerprint density at radius 1 is 1.39 bits per heavy atom. The number of nitrogens with one attached hydrogen (secondary N) is 2. The maximum Gasteiger partial charge on any atom is 0.221 e. The standard InChI is InChI=1S/C16H14FN3OS2/c1-8(21)19-15-14(10-4-5-18-7-13(10)23-15)16-20-11-6-9(17)2-3-12(11)22-16/h2-3,6,18H,4-5,7H2,1H3,(H,19,21). The Morgan fingerprint density at radius 3 is 3.09 bits per heavy atom. The van der Waals surface area contributed by atoms with Gasteiger partial charge in [0.25, 0.3) is 0 Å². The third kappa shape index (κ3) is 2.65. The van der Waals surface area contributed by atoms with Crippen LogP contribution in [0.4, 0.5) is 9.39 Å². The van der Waals surface area contributed by atoms with Crippen LogP contribution in [0.15, 0.2) is 18.2 Å². The fourth-order valence-corrected chi connectivity index (χ4v) is 5.17. The van der Waals surface area contributed by atoms with Crippen LogP contribution in [0.2, 0.25) is 0 Å². The van der Waals surface area contributed by atoms with E-state index in [0.29, 0.717) is 5.52 Å². The molecule has 1 aromatic carbocycles. The molecule has 7 heteroatoms. The smallest absolute Gasteiger partial charge is 0.221 e. The number of fused-ring (bicyclic) bond motifs is 2. The Balaban J connectivity index is 1.90. The van der Waals surface area contributed by atoms with Crippen LogP contribution in [-0.4, -0.2) is 17.4 Å². The Morgan fingerprint density at radius 2 is 2.26 bits per heavy atom. The molecule has 2 aromatic heterocycles. The van der Waals surface area contributed by atoms with E-state index in [4.69, 9.17) is 0 Å². The van der Waals surface area contributed by atoms with E-state index < -0.39 is 0 Å². The number of halogens is 1. The molecule has 1 amide bonds. The number of amides is 1. The summed E-state index contributed by atoms with van der Waals surface area (Å²) in [5, 5.41) is 7.96. The molecule has 0 fully saturated rings. The van der Waals surface area contributed by atoms with E-state index in [1.54, 1.807) is 17.4 Å². The van der Waals surface area contributed by atoms with Crippen LogP contribution in [0, 0.1) is 5.82 Å². The topological polar surface area (TPSA) is 54.0 Å². The van der Waals surface area contributed by atoms with Crippen molar-refractivity contribution in [2.75, 3.05) is 11.9 Å². The SMILES string of the molecule is CC(=O)Nc1sc2c(c1-c1nc3cc(F)ccc3s1)CCNC2. The molecular weight excluding hydrogens is 333 g/mol. The molecule has 3 heterocycles. The molecule has 1 aliphatic heterocycles. The highest BCUT2D eigenvalue weighted by atomic mass is 32.1. The highest BCUT2D eigenvalue weighted by Gasteiger charge is 2.24. The van der Waals surface area contributed by atoms with Gasteiger partial charge in [0.2, 0.25) is 5.91 Å². The molecule has 0 unspecified atom stereocenters. The van der Waals surface area contributed by atoms with Crippen LogP contribution in [0.1, 0.15) is 17.4 Å². The molecule has 3 aromatic rings. The van der Waals surface area contributed by atoms with Crippen molar-refractivity contribution >= 4 is 43.8 Å². The minimum atomic E-state index is -0.284. The Labute approximate surface area is 140 Å². The summed E-state index contributed by atoms with van der Waals surface area (Å²) in [6.45, 7) is 3.23. The summed E-state index contributed by atoms with van der Waals surface area (Å²) in [6, 6.07) is 4.66. The fraction of sp³-hybridized carbons (Fsp3) is 0.250. The summed E-state index contributed by atoms with van der Waals surface area (Å²) in [4.78, 5) is 17.4. The van der Waals surface area contributed by atoms with E-state index in [2.05, 4.69) is 15.6 Å². The number of nitrogens with zero attached hydrogens (tertiary/aromatic N) is 1. The lowest BCUT2D eigenvalue weighted by Gasteiger charge is -2.13. The fourth-order valence-electron chi connectivity index (χ4n) is 2.82. The van der Waals surface area contributed by atoms with Gasteiger partial charge in [-0.05, 0) is 30.7 Å². The molecule has 4 nitrogen and oxygen atoms in total. The van der Waals surface area contributed by atoms with Crippen molar-refractivity contribution in [2.45, 2.75) is 19.9 Å². The van der Waals surface area contributed by atoms with Crippen molar-refractivity contribution in [3.63, 3.8) is 0 Å². The Bertz CT molecular complexity index is 916. The van der Waals surface area contributed by atoms with E-state index in [-0.39, 0.29) is 11.7 Å². The molecule has 118 valence electrons. The summed E-state index contributed by atoms with van der Waals surface area (Å²) in [7, 11) is 0. The first-order valence-electron chi connectivity index (χ1n) is 7.31. The van der Waals surface area contributed by atoms with Crippen molar-refractivity contribution in [1.82, 2.24) is 10.3 Å². The van der Waals surface area contributed by atoms with E-state index in [9.17, 15) is 9.18 Å². The molecule has 0 atom stereocenters. The van der Waals surface area contributed by atoms with Crippen LogP contribution >= 0.6 is 22.7 Å². The van der Waals surface area contributed by atoms with Gasteiger partial charge in [-0.3, -0.25) is 4.79 Å². The highest BCUT2D eigenvalue weighted by Crippen LogP contribution is 2.44. The number of thiazole rings is 1. The third-order valence-corrected chi connectivity index (χ3v) is 5.98. The summed E-state index contributed by atoms with van der Waals surface area (Å²) < 4.78 is 14.4. The van der Waals surface area contributed by atoms with Crippen LogP contribution < -0.4 is 10.6 Å². The number of anilines is 1. The second-order valence-electron chi connectivity index (χ2n) is 5.45. The maximum atomic E-state index is 13.4. The summed E-state index contributed by atoms with van der Waals surface area (Å²) in [6.07, 6.45) is 0.908. The normalized spacial score (nSPS) is 14.0. The summed E-state index contributed by atoms with van der Waals surface area (Å²) >= 11 is 3.13. The van der Waals surface area contributed by atoms with Crippen molar-refractivity contribution in [1.29, 1.82) is 0 Å². The van der Waals surface area contributed by atoms with Crippen LogP contribution in [0.5, 0.6) is 0 Å². The molecular formula is C16H14FN3OS2. The second kappa shape index (κ2) is 5.67. The molecule has 0 aliphatic carbocycles. The number of hydrogen-bond acceptors (Lipinski definition) is 5. The van der Waals surface area contributed by atoms with Crippen LogP contribution in [-0.2, 0) is 17.8 Å². The molecule has 0 radical (unpaired) electrons. The molecule has 2 N–H and O–H groups in total. The number of thiophene rings is 1. The zero-order chi connectivity index (χ0) is 16.0. The van der Waals surface area contributed by atoms with Gasteiger partial charge >= 0.3 is 0 Å². The first kappa shape index (κ1) is 14.7. The minimum absolute atomic E-state index is 0.0926. The van der Waals surface area contributed by atoms with E-state index in [1.807, 2.05) is 0 Å².